The zero-order valence-corrected chi connectivity index (χ0v) is 11.1. The van der Waals surface area contributed by atoms with Crippen LogP contribution >= 0.6 is 0 Å². The predicted molar refractivity (Wildman–Crippen MR) is 76.6 cm³/mol. The first-order valence-electron chi connectivity index (χ1n) is 6.08. The van der Waals surface area contributed by atoms with E-state index in [9.17, 15) is 0 Å². The van der Waals surface area contributed by atoms with Gasteiger partial charge < -0.3 is 11.1 Å². The number of nitrogen functional groups attached to an aromatic ring is 1. The van der Waals surface area contributed by atoms with Gasteiger partial charge in [0.05, 0.1) is 11.9 Å². The number of nitrogens with one attached hydrogen (secondary N) is 1. The quantitative estimate of drug-likeness (QED) is 0.867. The third-order valence-electron chi connectivity index (χ3n) is 3.12. The number of anilines is 2. The first-order chi connectivity index (χ1) is 8.56. The van der Waals surface area contributed by atoms with Crippen molar-refractivity contribution < 1.29 is 0 Å². The molecule has 0 fully saturated rings. The minimum Gasteiger partial charge on any atom is -0.397 e. The van der Waals surface area contributed by atoms with Crippen LogP contribution in [0.1, 0.15) is 22.3 Å². The Labute approximate surface area is 108 Å². The van der Waals surface area contributed by atoms with Crippen LogP contribution in [0.2, 0.25) is 0 Å². The molecule has 18 heavy (non-hydrogen) atoms. The first kappa shape index (κ1) is 12.4. The fraction of sp³-hybridized carbons (Fsp3) is 0.267. The zero-order valence-electron chi connectivity index (χ0n) is 11.1. The first-order valence-corrected chi connectivity index (χ1v) is 6.08. The monoisotopic (exact) mass is 241 g/mol. The van der Waals surface area contributed by atoms with Crippen LogP contribution in [0.4, 0.5) is 11.5 Å². The number of aryl methyl sites for hydroxylation is 3. The lowest BCUT2D eigenvalue weighted by Gasteiger charge is -2.10. The third-order valence-corrected chi connectivity index (χ3v) is 3.12. The summed E-state index contributed by atoms with van der Waals surface area (Å²) in [5.74, 6) is 0.864. The molecule has 94 valence electrons. The summed E-state index contributed by atoms with van der Waals surface area (Å²) in [6.45, 7) is 7.00. The summed E-state index contributed by atoms with van der Waals surface area (Å²) in [4.78, 5) is 4.27. The van der Waals surface area contributed by atoms with E-state index in [4.69, 9.17) is 5.73 Å². The van der Waals surface area contributed by atoms with Crippen molar-refractivity contribution in [2.75, 3.05) is 11.1 Å². The molecule has 0 saturated heterocycles. The lowest BCUT2D eigenvalue weighted by Crippen LogP contribution is -2.04. The van der Waals surface area contributed by atoms with Gasteiger partial charge in [0, 0.05) is 6.54 Å². The average molecular weight is 241 g/mol. The Morgan fingerprint density at radius 3 is 2.61 bits per heavy atom. The number of hydrogen-bond acceptors (Lipinski definition) is 3. The summed E-state index contributed by atoms with van der Waals surface area (Å²) in [5, 5.41) is 3.33. The number of aromatic nitrogens is 1. The molecule has 3 nitrogen and oxygen atoms in total. The molecule has 0 aliphatic heterocycles. The van der Waals surface area contributed by atoms with E-state index in [-0.39, 0.29) is 0 Å². The zero-order chi connectivity index (χ0) is 13.1. The summed E-state index contributed by atoms with van der Waals surface area (Å²) in [7, 11) is 0. The largest absolute Gasteiger partial charge is 0.397 e. The van der Waals surface area contributed by atoms with E-state index in [0.29, 0.717) is 0 Å². The van der Waals surface area contributed by atoms with Crippen molar-refractivity contribution in [2.24, 2.45) is 0 Å². The van der Waals surface area contributed by atoms with Crippen molar-refractivity contribution in [1.29, 1.82) is 0 Å². The molecule has 1 aromatic carbocycles. The van der Waals surface area contributed by atoms with Gasteiger partial charge in [0.1, 0.15) is 5.82 Å². The van der Waals surface area contributed by atoms with Gasteiger partial charge in [-0.2, -0.15) is 0 Å². The number of rotatable bonds is 3. The minimum atomic E-state index is 0.729. The summed E-state index contributed by atoms with van der Waals surface area (Å²) in [5.41, 5.74) is 11.4. The molecule has 0 spiro atoms. The van der Waals surface area contributed by atoms with Crippen molar-refractivity contribution in [2.45, 2.75) is 27.3 Å². The van der Waals surface area contributed by atoms with Crippen LogP contribution in [-0.2, 0) is 6.54 Å². The molecule has 0 bridgehead atoms. The summed E-state index contributed by atoms with van der Waals surface area (Å²) in [6, 6.07) is 8.45. The molecular weight excluding hydrogens is 222 g/mol. The SMILES string of the molecule is Cc1ccc(C)c(CNc2cc(C)c(N)cn2)c1. The Morgan fingerprint density at radius 2 is 1.89 bits per heavy atom. The van der Waals surface area contributed by atoms with E-state index in [1.807, 2.05) is 13.0 Å². The number of nitrogens with two attached hydrogens (primary N) is 1. The topological polar surface area (TPSA) is 50.9 Å². The van der Waals surface area contributed by atoms with Gasteiger partial charge in [-0.3, -0.25) is 0 Å². The van der Waals surface area contributed by atoms with Crippen molar-refractivity contribution >= 4 is 11.5 Å². The van der Waals surface area contributed by atoms with Crippen LogP contribution in [0.15, 0.2) is 30.5 Å². The van der Waals surface area contributed by atoms with E-state index in [2.05, 4.69) is 42.3 Å². The Morgan fingerprint density at radius 1 is 1.11 bits per heavy atom. The highest BCUT2D eigenvalue weighted by Crippen LogP contribution is 2.16. The molecule has 3 N–H and O–H groups in total. The van der Waals surface area contributed by atoms with E-state index in [1.165, 1.54) is 16.7 Å². The predicted octanol–water partition coefficient (Wildman–Crippen LogP) is 3.20. The van der Waals surface area contributed by atoms with Gasteiger partial charge in [-0.1, -0.05) is 23.8 Å². The lowest BCUT2D eigenvalue weighted by atomic mass is 10.1. The maximum absolute atomic E-state index is 5.75. The normalized spacial score (nSPS) is 10.4. The Kier molecular flexibility index (Phi) is 3.51. The number of nitrogens with zero attached hydrogens (tertiary/aromatic N) is 1. The summed E-state index contributed by atoms with van der Waals surface area (Å²) >= 11 is 0. The van der Waals surface area contributed by atoms with Crippen LogP contribution in [0.3, 0.4) is 0 Å². The molecule has 0 unspecified atom stereocenters. The highest BCUT2D eigenvalue weighted by Gasteiger charge is 2.01. The van der Waals surface area contributed by atoms with E-state index in [1.54, 1.807) is 6.20 Å². The van der Waals surface area contributed by atoms with Gasteiger partial charge in [0.15, 0.2) is 0 Å². The van der Waals surface area contributed by atoms with Crippen LogP contribution in [0, 0.1) is 20.8 Å². The van der Waals surface area contributed by atoms with Crippen LogP contribution in [0.5, 0.6) is 0 Å². The maximum Gasteiger partial charge on any atom is 0.126 e. The molecule has 0 atom stereocenters. The second-order valence-electron chi connectivity index (χ2n) is 4.71. The fourth-order valence-corrected chi connectivity index (χ4v) is 1.84. The highest BCUT2D eigenvalue weighted by molar-refractivity contribution is 5.51. The Hall–Kier alpha value is -2.03. The number of hydrogen-bond donors (Lipinski definition) is 2. The number of benzene rings is 1. The second-order valence-corrected chi connectivity index (χ2v) is 4.71. The van der Waals surface area contributed by atoms with Gasteiger partial charge in [-0.25, -0.2) is 4.98 Å². The van der Waals surface area contributed by atoms with Crippen molar-refractivity contribution in [3.05, 3.63) is 52.7 Å². The van der Waals surface area contributed by atoms with Gasteiger partial charge in [0.25, 0.3) is 0 Å². The second kappa shape index (κ2) is 5.08. The minimum absolute atomic E-state index is 0.729. The molecule has 0 aliphatic carbocycles. The summed E-state index contributed by atoms with van der Waals surface area (Å²) < 4.78 is 0. The van der Waals surface area contributed by atoms with Gasteiger partial charge in [-0.05, 0) is 43.5 Å². The van der Waals surface area contributed by atoms with Gasteiger partial charge >= 0.3 is 0 Å². The highest BCUT2D eigenvalue weighted by atomic mass is 15.0. The van der Waals surface area contributed by atoms with Crippen LogP contribution in [0.25, 0.3) is 0 Å². The van der Waals surface area contributed by atoms with Crippen LogP contribution in [-0.4, -0.2) is 4.98 Å². The molecule has 1 heterocycles. The standard InChI is InChI=1S/C15H19N3/c1-10-4-5-11(2)13(6-10)8-17-15-7-12(3)14(16)9-18-15/h4-7,9H,8,16H2,1-3H3,(H,17,18). The molecule has 2 aromatic rings. The van der Waals surface area contributed by atoms with Gasteiger partial charge in [0.2, 0.25) is 0 Å². The van der Waals surface area contributed by atoms with E-state index < -0.39 is 0 Å². The maximum atomic E-state index is 5.75. The molecular formula is C15H19N3. The third kappa shape index (κ3) is 2.80. The smallest absolute Gasteiger partial charge is 0.126 e. The van der Waals surface area contributed by atoms with Crippen molar-refractivity contribution in [1.82, 2.24) is 4.98 Å². The van der Waals surface area contributed by atoms with Gasteiger partial charge in [-0.15, -0.1) is 0 Å². The molecule has 0 aliphatic rings. The molecule has 0 amide bonds. The molecule has 1 aromatic heterocycles. The van der Waals surface area contributed by atoms with Crippen molar-refractivity contribution in [3.8, 4) is 0 Å². The lowest BCUT2D eigenvalue weighted by molar-refractivity contribution is 1.08. The summed E-state index contributed by atoms with van der Waals surface area (Å²) in [6.07, 6.45) is 1.70. The van der Waals surface area contributed by atoms with E-state index >= 15 is 0 Å². The average Bonchev–Trinajstić information content (AvgIpc) is 2.34. The molecule has 0 saturated carbocycles. The van der Waals surface area contributed by atoms with Crippen molar-refractivity contribution in [3.63, 3.8) is 0 Å². The fourth-order valence-electron chi connectivity index (χ4n) is 1.84. The van der Waals surface area contributed by atoms with Crippen LogP contribution < -0.4 is 11.1 Å². The molecule has 2 rings (SSSR count). The van der Waals surface area contributed by atoms with E-state index in [0.717, 1.165) is 23.6 Å². The molecule has 0 radical (unpaired) electrons. The number of pyridine rings is 1. The Balaban J connectivity index is 2.11. The molecule has 3 heteroatoms. The Bertz CT molecular complexity index is 562.